The van der Waals surface area contributed by atoms with Crippen LogP contribution < -0.4 is 15.2 Å². The van der Waals surface area contributed by atoms with Crippen LogP contribution in [0, 0.1) is 5.82 Å². The fraction of sp³-hybridized carbons (Fsp3) is 0.312. The second-order valence-electron chi connectivity index (χ2n) is 5.10. The summed E-state index contributed by atoms with van der Waals surface area (Å²) in [4.78, 5) is 16.1. The Hall–Kier alpha value is -2.30. The number of hydrogen-bond acceptors (Lipinski definition) is 3. The zero-order valence-corrected chi connectivity index (χ0v) is 11.6. The molecule has 0 amide bonds. The molecular weight excluding hydrogens is 271 g/mol. The van der Waals surface area contributed by atoms with Crippen molar-refractivity contribution in [3.05, 3.63) is 58.8 Å². The van der Waals surface area contributed by atoms with E-state index in [9.17, 15) is 9.18 Å². The molecule has 1 saturated heterocycles. The lowest BCUT2D eigenvalue weighted by Crippen LogP contribution is -2.43. The van der Waals surface area contributed by atoms with Gasteiger partial charge in [0.25, 0.3) is 0 Å². The molecule has 0 radical (unpaired) electrons. The van der Waals surface area contributed by atoms with Gasteiger partial charge in [0, 0.05) is 30.9 Å². The van der Waals surface area contributed by atoms with Gasteiger partial charge >= 0.3 is 0 Å². The first-order valence-corrected chi connectivity index (χ1v) is 7.10. The number of pyridine rings is 1. The summed E-state index contributed by atoms with van der Waals surface area (Å²) in [6.45, 7) is 0.794. The van der Waals surface area contributed by atoms with Crippen LogP contribution in [0.15, 0.2) is 47.4 Å². The quantitative estimate of drug-likeness (QED) is 0.944. The number of nitrogens with one attached hydrogen (secondary N) is 1. The van der Waals surface area contributed by atoms with Crippen LogP contribution in [-0.4, -0.2) is 17.8 Å². The number of rotatable bonds is 3. The van der Waals surface area contributed by atoms with Gasteiger partial charge in [-0.3, -0.25) is 4.79 Å². The zero-order valence-electron chi connectivity index (χ0n) is 11.6. The Morgan fingerprint density at radius 1 is 1.24 bits per heavy atom. The van der Waals surface area contributed by atoms with Gasteiger partial charge in [-0.25, -0.2) is 4.39 Å². The van der Waals surface area contributed by atoms with Gasteiger partial charge in [0.1, 0.15) is 0 Å². The second-order valence-corrected chi connectivity index (χ2v) is 5.10. The van der Waals surface area contributed by atoms with Crippen molar-refractivity contribution in [2.24, 2.45) is 0 Å². The number of halogens is 1. The number of piperidine rings is 1. The summed E-state index contributed by atoms with van der Waals surface area (Å²) in [5.74, 6) is -0.117. The average molecular weight is 288 g/mol. The number of anilines is 1. The predicted molar refractivity (Wildman–Crippen MR) is 79.1 cm³/mol. The van der Waals surface area contributed by atoms with Crippen LogP contribution in [0.25, 0.3) is 0 Å². The number of hydrogen-bond donors (Lipinski definition) is 1. The molecule has 0 spiro atoms. The highest BCUT2D eigenvalue weighted by molar-refractivity contribution is 5.46. The van der Waals surface area contributed by atoms with Gasteiger partial charge in [0.15, 0.2) is 17.8 Å². The number of ether oxygens (including phenoxy) is 1. The Morgan fingerprint density at radius 3 is 2.90 bits per heavy atom. The lowest BCUT2D eigenvalue weighted by molar-refractivity contribution is 0.158. The molecule has 21 heavy (non-hydrogen) atoms. The Morgan fingerprint density at radius 2 is 2.10 bits per heavy atom. The van der Waals surface area contributed by atoms with E-state index in [-0.39, 0.29) is 23.4 Å². The van der Waals surface area contributed by atoms with Gasteiger partial charge in [-0.15, -0.1) is 0 Å². The van der Waals surface area contributed by atoms with Gasteiger partial charge < -0.3 is 14.6 Å². The molecule has 0 saturated carbocycles. The van der Waals surface area contributed by atoms with Crippen molar-refractivity contribution in [3.8, 4) is 5.75 Å². The fourth-order valence-electron chi connectivity index (χ4n) is 2.62. The van der Waals surface area contributed by atoms with Crippen molar-refractivity contribution in [1.29, 1.82) is 0 Å². The Kier molecular flexibility index (Phi) is 3.90. The van der Waals surface area contributed by atoms with E-state index in [2.05, 4.69) is 4.98 Å². The molecule has 4 nitrogen and oxygen atoms in total. The molecule has 1 aromatic heterocycles. The van der Waals surface area contributed by atoms with E-state index in [1.54, 1.807) is 30.5 Å². The van der Waals surface area contributed by atoms with Crippen LogP contribution in [0.2, 0.25) is 0 Å². The molecule has 1 unspecified atom stereocenters. The number of aromatic nitrogens is 1. The van der Waals surface area contributed by atoms with Crippen molar-refractivity contribution in [2.75, 3.05) is 11.4 Å². The topological polar surface area (TPSA) is 45.3 Å². The van der Waals surface area contributed by atoms with Crippen molar-refractivity contribution in [3.63, 3.8) is 0 Å². The van der Waals surface area contributed by atoms with E-state index in [0.717, 1.165) is 31.5 Å². The summed E-state index contributed by atoms with van der Waals surface area (Å²) >= 11 is 0. The molecule has 1 aliphatic rings. The number of nitrogens with zero attached hydrogens (tertiary/aromatic N) is 1. The minimum atomic E-state index is -0.367. The highest BCUT2D eigenvalue weighted by atomic mass is 19.1. The molecule has 0 bridgehead atoms. The Labute approximate surface area is 122 Å². The number of benzene rings is 1. The Bertz CT molecular complexity index is 671. The van der Waals surface area contributed by atoms with Crippen LogP contribution >= 0.6 is 0 Å². The maximum Gasteiger partial charge on any atom is 0.249 e. The lowest BCUT2D eigenvalue weighted by atomic mass is 10.1. The van der Waals surface area contributed by atoms with E-state index in [1.165, 1.54) is 6.07 Å². The summed E-state index contributed by atoms with van der Waals surface area (Å²) in [5.41, 5.74) is 0.655. The lowest BCUT2D eigenvalue weighted by Gasteiger charge is -2.37. The first-order valence-electron chi connectivity index (χ1n) is 7.10. The molecule has 3 rings (SSSR count). The normalized spacial score (nSPS) is 18.5. The molecule has 2 aromatic rings. The van der Waals surface area contributed by atoms with Gasteiger partial charge in [0.05, 0.1) is 0 Å². The van der Waals surface area contributed by atoms with Crippen LogP contribution in [0.4, 0.5) is 10.1 Å². The molecule has 110 valence electrons. The third kappa shape index (κ3) is 3.07. The predicted octanol–water partition coefficient (Wildman–Crippen LogP) is 2.91. The summed E-state index contributed by atoms with van der Waals surface area (Å²) in [7, 11) is 0. The first-order chi connectivity index (χ1) is 10.2. The molecule has 5 heteroatoms. The average Bonchev–Trinajstić information content (AvgIpc) is 2.50. The maximum atomic E-state index is 13.7. The van der Waals surface area contributed by atoms with Crippen molar-refractivity contribution < 1.29 is 9.13 Å². The monoisotopic (exact) mass is 288 g/mol. The Balaban J connectivity index is 1.85. The van der Waals surface area contributed by atoms with Crippen molar-refractivity contribution >= 4 is 5.69 Å². The number of H-pyrrole nitrogens is 1. The third-order valence-corrected chi connectivity index (χ3v) is 3.64. The zero-order chi connectivity index (χ0) is 14.7. The smallest absolute Gasteiger partial charge is 0.249 e. The highest BCUT2D eigenvalue weighted by Gasteiger charge is 2.25. The van der Waals surface area contributed by atoms with Crippen molar-refractivity contribution in [2.45, 2.75) is 25.5 Å². The molecule has 1 aliphatic heterocycles. The molecular formula is C16H17FN2O2. The summed E-state index contributed by atoms with van der Waals surface area (Å²) < 4.78 is 19.6. The SMILES string of the molecule is O=c1cc(N2CCCCC2Oc2ccccc2F)cc[nH]1. The van der Waals surface area contributed by atoms with Gasteiger partial charge in [-0.1, -0.05) is 12.1 Å². The molecule has 1 atom stereocenters. The van der Waals surface area contributed by atoms with E-state index in [0.29, 0.717) is 0 Å². The minimum Gasteiger partial charge on any atom is -0.467 e. The van der Waals surface area contributed by atoms with Crippen LogP contribution in [-0.2, 0) is 0 Å². The van der Waals surface area contributed by atoms with E-state index in [4.69, 9.17) is 4.74 Å². The van der Waals surface area contributed by atoms with Crippen LogP contribution in [0.1, 0.15) is 19.3 Å². The summed E-state index contributed by atoms with van der Waals surface area (Å²) in [5, 5.41) is 0. The van der Waals surface area contributed by atoms with Gasteiger partial charge in [-0.2, -0.15) is 0 Å². The maximum absolute atomic E-state index is 13.7. The second kappa shape index (κ2) is 5.99. The van der Waals surface area contributed by atoms with Crippen LogP contribution in [0.5, 0.6) is 5.75 Å². The third-order valence-electron chi connectivity index (χ3n) is 3.64. The minimum absolute atomic E-state index is 0.150. The van der Waals surface area contributed by atoms with Crippen LogP contribution in [0.3, 0.4) is 0 Å². The molecule has 1 aromatic carbocycles. The molecule has 0 aliphatic carbocycles. The molecule has 1 fully saturated rings. The molecule has 2 heterocycles. The van der Waals surface area contributed by atoms with E-state index < -0.39 is 0 Å². The van der Waals surface area contributed by atoms with Crippen molar-refractivity contribution in [1.82, 2.24) is 4.98 Å². The fourth-order valence-corrected chi connectivity index (χ4v) is 2.62. The molecule has 1 N–H and O–H groups in total. The number of aromatic amines is 1. The first kappa shape index (κ1) is 13.7. The van der Waals surface area contributed by atoms with E-state index >= 15 is 0 Å². The number of para-hydroxylation sites is 1. The summed E-state index contributed by atoms with van der Waals surface area (Å²) in [6.07, 6.45) is 4.23. The van der Waals surface area contributed by atoms with E-state index in [1.807, 2.05) is 11.0 Å². The van der Waals surface area contributed by atoms with Gasteiger partial charge in [0.2, 0.25) is 5.56 Å². The van der Waals surface area contributed by atoms with Gasteiger partial charge in [-0.05, 0) is 31.0 Å². The highest BCUT2D eigenvalue weighted by Crippen LogP contribution is 2.27. The largest absolute Gasteiger partial charge is 0.467 e. The standard InChI is InChI=1S/C16H17FN2O2/c17-13-5-1-2-6-14(13)21-16-7-3-4-10-19(16)12-8-9-18-15(20)11-12/h1-2,5-6,8-9,11,16H,3-4,7,10H2,(H,18,20). The summed E-state index contributed by atoms with van der Waals surface area (Å²) in [6, 6.07) is 9.78.